The number of benzene rings is 2. The van der Waals surface area contributed by atoms with Gasteiger partial charge in [0.2, 0.25) is 5.06 Å². The lowest BCUT2D eigenvalue weighted by Gasteiger charge is -2.29. The summed E-state index contributed by atoms with van der Waals surface area (Å²) in [5.74, 6) is 0.803. The molecule has 0 bridgehead atoms. The van der Waals surface area contributed by atoms with Crippen molar-refractivity contribution in [3.05, 3.63) is 66.2 Å². The first-order valence-electron chi connectivity index (χ1n) is 6.73. The molecule has 2 heteroatoms. The van der Waals surface area contributed by atoms with Gasteiger partial charge >= 0.3 is 0 Å². The molecule has 0 N–H and O–H groups in total. The predicted octanol–water partition coefficient (Wildman–Crippen LogP) is 5.35. The van der Waals surface area contributed by atoms with E-state index in [1.807, 2.05) is 60.7 Å². The van der Waals surface area contributed by atoms with Crippen molar-refractivity contribution in [2.75, 3.05) is 0 Å². The minimum Gasteiger partial charge on any atom is -0.468 e. The molecular weight excluding hydrogens is 256 g/mol. The van der Waals surface area contributed by atoms with Gasteiger partial charge in [-0.05, 0) is 18.6 Å². The number of alkyl halides is 1. The van der Waals surface area contributed by atoms with Crippen LogP contribution in [0.5, 0.6) is 5.75 Å². The first-order valence-corrected chi connectivity index (χ1v) is 7.11. The highest BCUT2D eigenvalue weighted by molar-refractivity contribution is 6.23. The first kappa shape index (κ1) is 14.0. The van der Waals surface area contributed by atoms with Crippen molar-refractivity contribution >= 4 is 11.6 Å². The van der Waals surface area contributed by atoms with Gasteiger partial charge < -0.3 is 4.74 Å². The van der Waals surface area contributed by atoms with Crippen LogP contribution in [0, 0.1) is 0 Å². The van der Waals surface area contributed by atoms with Crippen LogP contribution < -0.4 is 4.74 Å². The lowest BCUT2D eigenvalue weighted by atomic mass is 10.0. The van der Waals surface area contributed by atoms with Gasteiger partial charge in [-0.3, -0.25) is 0 Å². The molecule has 0 amide bonds. The molecule has 1 atom stereocenters. The number of hydrogen-bond acceptors (Lipinski definition) is 1. The third-order valence-electron chi connectivity index (χ3n) is 3.08. The summed E-state index contributed by atoms with van der Waals surface area (Å²) in [6, 6.07) is 19.8. The van der Waals surface area contributed by atoms with Gasteiger partial charge in [-0.15, -0.1) is 0 Å². The highest BCUT2D eigenvalue weighted by Crippen LogP contribution is 2.36. The molecule has 19 heavy (non-hydrogen) atoms. The van der Waals surface area contributed by atoms with Crippen molar-refractivity contribution in [3.8, 4) is 5.75 Å². The van der Waals surface area contributed by atoms with Gasteiger partial charge in [0.15, 0.2) is 0 Å². The van der Waals surface area contributed by atoms with Gasteiger partial charge in [0.1, 0.15) is 5.75 Å². The van der Waals surface area contributed by atoms with Gasteiger partial charge in [-0.1, -0.05) is 73.5 Å². The number of para-hydroxylation sites is 1. The Labute approximate surface area is 120 Å². The minimum atomic E-state index is -0.779. The van der Waals surface area contributed by atoms with Crippen LogP contribution in [0.3, 0.4) is 0 Å². The Morgan fingerprint density at radius 2 is 1.53 bits per heavy atom. The Kier molecular flexibility index (Phi) is 4.86. The van der Waals surface area contributed by atoms with E-state index in [1.54, 1.807) is 0 Å². The average Bonchev–Trinajstić information content (AvgIpc) is 2.47. The number of halogens is 1. The molecule has 0 saturated heterocycles. The van der Waals surface area contributed by atoms with Crippen LogP contribution in [0.1, 0.15) is 31.7 Å². The van der Waals surface area contributed by atoms with E-state index < -0.39 is 5.06 Å². The van der Waals surface area contributed by atoms with Crippen molar-refractivity contribution in [2.45, 2.75) is 31.2 Å². The second-order valence-electron chi connectivity index (χ2n) is 4.61. The van der Waals surface area contributed by atoms with E-state index in [0.717, 1.165) is 30.6 Å². The molecule has 0 aliphatic heterocycles. The highest BCUT2D eigenvalue weighted by atomic mass is 35.5. The number of hydrogen-bond donors (Lipinski definition) is 0. The van der Waals surface area contributed by atoms with Crippen molar-refractivity contribution in [1.82, 2.24) is 0 Å². The third kappa shape index (κ3) is 3.74. The largest absolute Gasteiger partial charge is 0.468 e. The predicted molar refractivity (Wildman–Crippen MR) is 80.6 cm³/mol. The van der Waals surface area contributed by atoms with Crippen molar-refractivity contribution in [2.24, 2.45) is 0 Å². The lowest BCUT2D eigenvalue weighted by molar-refractivity contribution is 0.144. The van der Waals surface area contributed by atoms with Crippen LogP contribution in [-0.2, 0) is 5.06 Å². The van der Waals surface area contributed by atoms with Gasteiger partial charge in [0, 0.05) is 12.0 Å². The van der Waals surface area contributed by atoms with E-state index in [0.29, 0.717) is 0 Å². The van der Waals surface area contributed by atoms with Crippen molar-refractivity contribution in [1.29, 1.82) is 0 Å². The monoisotopic (exact) mass is 274 g/mol. The quantitative estimate of drug-likeness (QED) is 0.646. The molecule has 100 valence electrons. The Morgan fingerprint density at radius 1 is 0.947 bits per heavy atom. The van der Waals surface area contributed by atoms with Crippen LogP contribution in [0.25, 0.3) is 0 Å². The van der Waals surface area contributed by atoms with E-state index in [2.05, 4.69) is 6.92 Å². The zero-order valence-electron chi connectivity index (χ0n) is 11.2. The van der Waals surface area contributed by atoms with Crippen LogP contribution in [0.15, 0.2) is 60.7 Å². The molecule has 0 aliphatic carbocycles. The number of unbranched alkanes of at least 4 members (excludes halogenated alkanes) is 1. The second kappa shape index (κ2) is 6.63. The molecule has 0 saturated carbocycles. The molecule has 0 radical (unpaired) electrons. The Morgan fingerprint density at radius 3 is 2.11 bits per heavy atom. The summed E-state index contributed by atoms with van der Waals surface area (Å²) in [4.78, 5) is 0. The summed E-state index contributed by atoms with van der Waals surface area (Å²) in [6.45, 7) is 2.16. The molecular formula is C17H19ClO. The third-order valence-corrected chi connectivity index (χ3v) is 3.56. The fraction of sp³-hybridized carbons (Fsp3) is 0.294. The standard InChI is InChI=1S/C17H19ClO/c1-2-3-14-17(18,15-10-6-4-7-11-15)19-16-12-8-5-9-13-16/h4-13H,2-3,14H2,1H3. The molecule has 2 aromatic carbocycles. The molecule has 0 fully saturated rings. The maximum Gasteiger partial charge on any atom is 0.208 e. The minimum absolute atomic E-state index is 0.779. The van der Waals surface area contributed by atoms with Gasteiger partial charge in [-0.25, -0.2) is 0 Å². The van der Waals surface area contributed by atoms with E-state index >= 15 is 0 Å². The molecule has 0 aromatic heterocycles. The van der Waals surface area contributed by atoms with Gasteiger partial charge in [0.25, 0.3) is 0 Å². The molecule has 2 rings (SSSR count). The van der Waals surface area contributed by atoms with Gasteiger partial charge in [0.05, 0.1) is 0 Å². The van der Waals surface area contributed by atoms with E-state index in [-0.39, 0.29) is 0 Å². The summed E-state index contributed by atoms with van der Waals surface area (Å²) in [5.41, 5.74) is 1.01. The topological polar surface area (TPSA) is 9.23 Å². The van der Waals surface area contributed by atoms with Crippen molar-refractivity contribution < 1.29 is 4.74 Å². The van der Waals surface area contributed by atoms with Crippen LogP contribution in [-0.4, -0.2) is 0 Å². The lowest BCUT2D eigenvalue weighted by Crippen LogP contribution is -2.26. The maximum absolute atomic E-state index is 6.76. The van der Waals surface area contributed by atoms with E-state index in [4.69, 9.17) is 16.3 Å². The van der Waals surface area contributed by atoms with Crippen LogP contribution >= 0.6 is 11.6 Å². The molecule has 1 nitrogen and oxygen atoms in total. The van der Waals surface area contributed by atoms with E-state index in [1.165, 1.54) is 0 Å². The SMILES string of the molecule is CCCCC(Cl)(Oc1ccccc1)c1ccccc1. The summed E-state index contributed by atoms with van der Waals surface area (Å²) < 4.78 is 6.06. The number of ether oxygens (including phenoxy) is 1. The Hall–Kier alpha value is -1.47. The smallest absolute Gasteiger partial charge is 0.208 e. The summed E-state index contributed by atoms with van der Waals surface area (Å²) in [5, 5.41) is -0.779. The van der Waals surface area contributed by atoms with E-state index in [9.17, 15) is 0 Å². The second-order valence-corrected chi connectivity index (χ2v) is 5.22. The first-order chi connectivity index (χ1) is 9.24. The van der Waals surface area contributed by atoms with Crippen molar-refractivity contribution in [3.63, 3.8) is 0 Å². The molecule has 0 spiro atoms. The zero-order chi connectivity index (χ0) is 13.6. The summed E-state index contributed by atoms with van der Waals surface area (Å²) in [7, 11) is 0. The maximum atomic E-state index is 6.76. The summed E-state index contributed by atoms with van der Waals surface area (Å²) >= 11 is 6.76. The van der Waals surface area contributed by atoms with Crippen LogP contribution in [0.4, 0.5) is 0 Å². The van der Waals surface area contributed by atoms with Gasteiger partial charge in [-0.2, -0.15) is 0 Å². The normalized spacial score (nSPS) is 13.8. The molecule has 0 heterocycles. The number of rotatable bonds is 6. The van der Waals surface area contributed by atoms with Crippen LogP contribution in [0.2, 0.25) is 0 Å². The molecule has 1 unspecified atom stereocenters. The fourth-order valence-corrected chi connectivity index (χ4v) is 2.37. The highest BCUT2D eigenvalue weighted by Gasteiger charge is 2.31. The Balaban J connectivity index is 2.24. The zero-order valence-corrected chi connectivity index (χ0v) is 11.9. The molecule has 0 aliphatic rings. The average molecular weight is 275 g/mol. The fourth-order valence-electron chi connectivity index (χ4n) is 2.02. The molecule has 2 aromatic rings. The summed E-state index contributed by atoms with van der Waals surface area (Å²) in [6.07, 6.45) is 2.93. The Bertz CT molecular complexity index is 483.